The van der Waals surface area contributed by atoms with Gasteiger partial charge in [0.1, 0.15) is 11.5 Å². The monoisotopic (exact) mass is 383 g/mol. The molecular weight excluding hydrogens is 362 g/mol. The number of carbonyl (C=O) groups is 1. The molecule has 0 radical (unpaired) electrons. The van der Waals surface area contributed by atoms with Crippen LogP contribution in [0.15, 0.2) is 90.6 Å². The van der Waals surface area contributed by atoms with E-state index in [1.165, 1.54) is 0 Å². The Morgan fingerprint density at radius 2 is 1.69 bits per heavy atom. The first-order valence-electron chi connectivity index (χ1n) is 9.74. The van der Waals surface area contributed by atoms with Crippen molar-refractivity contribution < 1.29 is 14.3 Å². The van der Waals surface area contributed by atoms with Gasteiger partial charge in [-0.2, -0.15) is 0 Å². The van der Waals surface area contributed by atoms with Crippen LogP contribution in [0.4, 0.5) is 5.69 Å². The number of Topliss-reactive ketones (excluding diaryl/α,β-unsaturated/α-hetero) is 1. The van der Waals surface area contributed by atoms with Crippen LogP contribution in [0.3, 0.4) is 0 Å². The lowest BCUT2D eigenvalue weighted by molar-refractivity contribution is 0.101. The number of methoxy groups -OCH3 is 1. The molecule has 3 aromatic rings. The van der Waals surface area contributed by atoms with Crippen molar-refractivity contribution in [1.82, 2.24) is 0 Å². The van der Waals surface area contributed by atoms with E-state index in [-0.39, 0.29) is 17.9 Å². The molecule has 2 aliphatic rings. The fraction of sp³-hybridized carbons (Fsp3) is 0.160. The summed E-state index contributed by atoms with van der Waals surface area (Å²) in [5, 5.41) is 0. The van der Waals surface area contributed by atoms with Crippen molar-refractivity contribution in [3.63, 3.8) is 0 Å². The van der Waals surface area contributed by atoms with Crippen LogP contribution >= 0.6 is 0 Å². The summed E-state index contributed by atoms with van der Waals surface area (Å²) in [4.78, 5) is 15.6. The van der Waals surface area contributed by atoms with Gasteiger partial charge < -0.3 is 14.4 Å². The van der Waals surface area contributed by atoms with Crippen LogP contribution in [0.25, 0.3) is 0 Å². The second-order valence-electron chi connectivity index (χ2n) is 7.26. The Hall–Kier alpha value is -3.53. The molecule has 0 bridgehead atoms. The number of hydrogen-bond acceptors (Lipinski definition) is 4. The van der Waals surface area contributed by atoms with Gasteiger partial charge in [-0.15, -0.1) is 0 Å². The second-order valence-corrected chi connectivity index (χ2v) is 7.26. The van der Waals surface area contributed by atoms with Gasteiger partial charge in [0, 0.05) is 35.2 Å². The van der Waals surface area contributed by atoms with Crippen molar-refractivity contribution in [3.8, 4) is 11.5 Å². The zero-order valence-corrected chi connectivity index (χ0v) is 16.1. The van der Waals surface area contributed by atoms with Gasteiger partial charge in [0.2, 0.25) is 0 Å². The predicted octanol–water partition coefficient (Wildman–Crippen LogP) is 5.17. The van der Waals surface area contributed by atoms with Crippen LogP contribution < -0.4 is 14.4 Å². The zero-order chi connectivity index (χ0) is 19.8. The van der Waals surface area contributed by atoms with E-state index >= 15 is 0 Å². The SMILES string of the molecule is COc1ccccc1[C@@H]1C[C@H]2Oc3ccccc3N2C=C1C(=O)c1ccccc1. The molecule has 0 unspecified atom stereocenters. The smallest absolute Gasteiger partial charge is 0.191 e. The van der Waals surface area contributed by atoms with E-state index in [4.69, 9.17) is 9.47 Å². The average Bonchev–Trinajstić information content (AvgIpc) is 3.16. The van der Waals surface area contributed by atoms with Crippen molar-refractivity contribution in [3.05, 3.63) is 102 Å². The number of hydrogen-bond donors (Lipinski definition) is 0. The quantitative estimate of drug-likeness (QED) is 0.582. The first-order valence-corrected chi connectivity index (χ1v) is 9.74. The van der Waals surface area contributed by atoms with Crippen LogP contribution in [0.5, 0.6) is 11.5 Å². The summed E-state index contributed by atoms with van der Waals surface area (Å²) in [7, 11) is 1.66. The molecule has 4 heteroatoms. The maximum absolute atomic E-state index is 13.5. The Morgan fingerprint density at radius 1 is 0.966 bits per heavy atom. The highest BCUT2D eigenvalue weighted by Gasteiger charge is 2.40. The fourth-order valence-corrected chi connectivity index (χ4v) is 4.23. The highest BCUT2D eigenvalue weighted by molar-refractivity contribution is 6.10. The van der Waals surface area contributed by atoms with Crippen molar-refractivity contribution in [2.24, 2.45) is 0 Å². The molecule has 2 atom stereocenters. The summed E-state index contributed by atoms with van der Waals surface area (Å²) < 4.78 is 11.8. The molecule has 0 fully saturated rings. The van der Waals surface area contributed by atoms with Crippen LogP contribution in [0.2, 0.25) is 0 Å². The van der Waals surface area contributed by atoms with E-state index < -0.39 is 0 Å². The van der Waals surface area contributed by atoms with E-state index in [0.29, 0.717) is 12.0 Å². The molecule has 2 heterocycles. The number of allylic oxidation sites excluding steroid dienone is 1. The molecule has 0 saturated heterocycles. The third kappa shape index (κ3) is 2.97. The fourth-order valence-electron chi connectivity index (χ4n) is 4.23. The van der Waals surface area contributed by atoms with E-state index in [9.17, 15) is 4.79 Å². The lowest BCUT2D eigenvalue weighted by Gasteiger charge is -2.34. The molecule has 4 nitrogen and oxygen atoms in total. The molecule has 29 heavy (non-hydrogen) atoms. The van der Waals surface area contributed by atoms with Crippen molar-refractivity contribution >= 4 is 11.5 Å². The number of nitrogens with zero attached hydrogens (tertiary/aromatic N) is 1. The van der Waals surface area contributed by atoms with Gasteiger partial charge >= 0.3 is 0 Å². The number of anilines is 1. The van der Waals surface area contributed by atoms with Gasteiger partial charge in [-0.25, -0.2) is 0 Å². The number of ketones is 1. The summed E-state index contributed by atoms with van der Waals surface area (Å²) in [5.74, 6) is 1.55. The number of para-hydroxylation sites is 3. The molecule has 2 aliphatic heterocycles. The normalized spacial score (nSPS) is 19.6. The van der Waals surface area contributed by atoms with Gasteiger partial charge in [-0.1, -0.05) is 60.7 Å². The Labute approximate surface area is 170 Å². The molecule has 0 aliphatic carbocycles. The number of rotatable bonds is 4. The third-order valence-corrected chi connectivity index (χ3v) is 5.62. The number of ether oxygens (including phenoxy) is 2. The maximum atomic E-state index is 13.5. The average molecular weight is 383 g/mol. The van der Waals surface area contributed by atoms with Gasteiger partial charge in [-0.3, -0.25) is 4.79 Å². The molecule has 0 N–H and O–H groups in total. The Morgan fingerprint density at radius 3 is 2.52 bits per heavy atom. The third-order valence-electron chi connectivity index (χ3n) is 5.62. The van der Waals surface area contributed by atoms with Crippen LogP contribution in [-0.2, 0) is 0 Å². The van der Waals surface area contributed by atoms with Crippen molar-refractivity contribution in [2.75, 3.05) is 12.0 Å². The molecule has 0 amide bonds. The Kier molecular flexibility index (Phi) is 4.32. The minimum absolute atomic E-state index is 0.0318. The van der Waals surface area contributed by atoms with Crippen LogP contribution in [0.1, 0.15) is 28.3 Å². The van der Waals surface area contributed by atoms with E-state index in [0.717, 1.165) is 28.3 Å². The summed E-state index contributed by atoms with van der Waals surface area (Å²) in [6.45, 7) is 0. The highest BCUT2D eigenvalue weighted by Crippen LogP contribution is 2.47. The topological polar surface area (TPSA) is 38.8 Å². The first kappa shape index (κ1) is 17.6. The molecule has 0 saturated carbocycles. The minimum atomic E-state index is -0.144. The summed E-state index contributed by atoms with van der Waals surface area (Å²) >= 11 is 0. The summed E-state index contributed by atoms with van der Waals surface area (Å²) in [5.41, 5.74) is 3.43. The number of fused-ring (bicyclic) bond motifs is 3. The Bertz CT molecular complexity index is 1090. The van der Waals surface area contributed by atoms with Crippen molar-refractivity contribution in [1.29, 1.82) is 0 Å². The van der Waals surface area contributed by atoms with Gasteiger partial charge in [0.25, 0.3) is 0 Å². The Balaban J connectivity index is 1.63. The minimum Gasteiger partial charge on any atom is -0.496 e. The predicted molar refractivity (Wildman–Crippen MR) is 113 cm³/mol. The maximum Gasteiger partial charge on any atom is 0.191 e. The van der Waals surface area contributed by atoms with E-state index in [2.05, 4.69) is 4.90 Å². The highest BCUT2D eigenvalue weighted by atomic mass is 16.5. The van der Waals surface area contributed by atoms with Crippen LogP contribution in [0, 0.1) is 0 Å². The lowest BCUT2D eigenvalue weighted by atomic mass is 9.81. The number of carbonyl (C=O) groups excluding carboxylic acids is 1. The summed E-state index contributed by atoms with van der Waals surface area (Å²) in [6.07, 6.45) is 2.49. The standard InChI is InChI=1S/C25H21NO3/c1-28-22-13-7-5-11-18(22)19-15-24-26(21-12-6-8-14-23(21)29-24)16-20(19)25(27)17-9-3-2-4-10-17/h2-14,16,19,24H,15H2,1H3/t19-,24+/m0/s1. The number of benzene rings is 3. The largest absolute Gasteiger partial charge is 0.496 e. The molecule has 144 valence electrons. The first-order chi connectivity index (χ1) is 14.3. The van der Waals surface area contributed by atoms with Gasteiger partial charge in [0.05, 0.1) is 12.8 Å². The summed E-state index contributed by atoms with van der Waals surface area (Å²) in [6, 6.07) is 25.3. The van der Waals surface area contributed by atoms with E-state index in [1.807, 2.05) is 85.1 Å². The molecule has 0 aromatic heterocycles. The van der Waals surface area contributed by atoms with Crippen LogP contribution in [-0.4, -0.2) is 19.1 Å². The van der Waals surface area contributed by atoms with Gasteiger partial charge in [0.15, 0.2) is 12.0 Å². The van der Waals surface area contributed by atoms with Gasteiger partial charge in [-0.05, 0) is 18.2 Å². The zero-order valence-electron chi connectivity index (χ0n) is 16.1. The molecule has 5 rings (SSSR count). The molecule has 3 aromatic carbocycles. The lowest BCUT2D eigenvalue weighted by Crippen LogP contribution is -2.38. The molecular formula is C25H21NO3. The van der Waals surface area contributed by atoms with E-state index in [1.54, 1.807) is 7.11 Å². The molecule has 0 spiro atoms. The second kappa shape index (κ2) is 7.13. The van der Waals surface area contributed by atoms with Crippen molar-refractivity contribution in [2.45, 2.75) is 18.6 Å².